The Bertz CT molecular complexity index is 1200. The van der Waals surface area contributed by atoms with Crippen molar-refractivity contribution in [3.05, 3.63) is 40.7 Å². The van der Waals surface area contributed by atoms with Crippen LogP contribution >= 0.6 is 11.6 Å². The first kappa shape index (κ1) is 21.4. The Morgan fingerprint density at radius 3 is 2.10 bits per heavy atom. The summed E-state index contributed by atoms with van der Waals surface area (Å²) < 4.78 is 102. The van der Waals surface area contributed by atoms with Gasteiger partial charge >= 0.3 is 12.4 Å². The number of fused-ring (bicyclic) bond motifs is 1. The summed E-state index contributed by atoms with van der Waals surface area (Å²) in [6.45, 7) is 1.23. The van der Waals surface area contributed by atoms with Crippen LogP contribution in [-0.2, 0) is 22.2 Å². The maximum atomic E-state index is 13.0. The zero-order valence-corrected chi connectivity index (χ0v) is 15.9. The van der Waals surface area contributed by atoms with Gasteiger partial charge in [-0.2, -0.15) is 26.3 Å². The van der Waals surface area contributed by atoms with Crippen molar-refractivity contribution in [1.29, 1.82) is 0 Å². The van der Waals surface area contributed by atoms with Gasteiger partial charge in [0.25, 0.3) is 0 Å². The van der Waals surface area contributed by atoms with Crippen LogP contribution in [0.25, 0.3) is 22.4 Å². The number of alkyl halides is 6. The number of hydrogen-bond acceptors (Lipinski definition) is 4. The maximum Gasteiger partial charge on any atom is 0.417 e. The summed E-state index contributed by atoms with van der Waals surface area (Å²) >= 11 is 6.12. The van der Waals surface area contributed by atoms with Crippen molar-refractivity contribution in [2.75, 3.05) is 5.75 Å². The lowest BCUT2D eigenvalue weighted by Crippen LogP contribution is -2.12. The second-order valence-corrected chi connectivity index (χ2v) is 8.53. The van der Waals surface area contributed by atoms with E-state index in [-0.39, 0.29) is 21.7 Å². The van der Waals surface area contributed by atoms with Gasteiger partial charge in [0.15, 0.2) is 9.84 Å². The number of nitrogens with one attached hydrogen (secondary N) is 1. The van der Waals surface area contributed by atoms with Gasteiger partial charge in [0, 0.05) is 12.4 Å². The molecule has 3 aromatic heterocycles. The van der Waals surface area contributed by atoms with E-state index < -0.39 is 49.7 Å². The number of aromatic amines is 1. The van der Waals surface area contributed by atoms with Crippen LogP contribution < -0.4 is 0 Å². The van der Waals surface area contributed by atoms with Crippen LogP contribution in [0.15, 0.2) is 29.4 Å². The van der Waals surface area contributed by atoms with Gasteiger partial charge in [-0.1, -0.05) is 18.5 Å². The van der Waals surface area contributed by atoms with Crippen molar-refractivity contribution in [3.8, 4) is 11.4 Å². The molecule has 0 saturated heterocycles. The smallest absolute Gasteiger partial charge is 0.351 e. The molecule has 0 aliphatic carbocycles. The lowest BCUT2D eigenvalue weighted by Gasteiger charge is -2.12. The van der Waals surface area contributed by atoms with Gasteiger partial charge < -0.3 is 4.98 Å². The fourth-order valence-corrected chi connectivity index (χ4v) is 3.90. The number of aromatic nitrogens is 3. The molecule has 0 bridgehead atoms. The molecule has 0 saturated carbocycles. The molecular formula is C16H10ClF6N3O2S. The maximum absolute atomic E-state index is 13.0. The average molecular weight is 458 g/mol. The second-order valence-electron chi connectivity index (χ2n) is 5.90. The van der Waals surface area contributed by atoms with E-state index in [2.05, 4.69) is 15.0 Å². The molecule has 0 atom stereocenters. The second kappa shape index (κ2) is 6.87. The lowest BCUT2D eigenvalue weighted by molar-refractivity contribution is -0.138. The first-order valence-electron chi connectivity index (χ1n) is 7.80. The van der Waals surface area contributed by atoms with Crippen LogP contribution in [0.5, 0.6) is 0 Å². The van der Waals surface area contributed by atoms with Crippen molar-refractivity contribution >= 4 is 32.5 Å². The van der Waals surface area contributed by atoms with Crippen LogP contribution in [0.3, 0.4) is 0 Å². The summed E-state index contributed by atoms with van der Waals surface area (Å²) in [5.74, 6) is -0.530. The van der Waals surface area contributed by atoms with Crippen molar-refractivity contribution in [2.24, 2.45) is 0 Å². The van der Waals surface area contributed by atoms with Crippen molar-refractivity contribution < 1.29 is 34.8 Å². The van der Waals surface area contributed by atoms with E-state index >= 15 is 0 Å². The summed E-state index contributed by atoms with van der Waals surface area (Å²) in [4.78, 5) is 8.95. The predicted molar refractivity (Wildman–Crippen MR) is 92.1 cm³/mol. The molecule has 29 heavy (non-hydrogen) atoms. The first-order chi connectivity index (χ1) is 13.3. The molecule has 3 heterocycles. The summed E-state index contributed by atoms with van der Waals surface area (Å²) in [5.41, 5.74) is -3.38. The van der Waals surface area contributed by atoms with Crippen molar-refractivity contribution in [2.45, 2.75) is 24.2 Å². The third kappa shape index (κ3) is 3.90. The molecular weight excluding hydrogens is 448 g/mol. The van der Waals surface area contributed by atoms with Gasteiger partial charge in [0.05, 0.1) is 38.0 Å². The van der Waals surface area contributed by atoms with E-state index in [0.29, 0.717) is 24.5 Å². The fourth-order valence-electron chi connectivity index (χ4n) is 2.54. The molecule has 156 valence electrons. The van der Waals surface area contributed by atoms with Gasteiger partial charge in [-0.3, -0.25) is 9.97 Å². The van der Waals surface area contributed by atoms with Crippen molar-refractivity contribution in [1.82, 2.24) is 15.0 Å². The summed E-state index contributed by atoms with van der Waals surface area (Å²) in [6, 6.07) is 1.12. The molecule has 3 aromatic rings. The van der Waals surface area contributed by atoms with Crippen LogP contribution in [-0.4, -0.2) is 29.1 Å². The minimum Gasteiger partial charge on any atom is -0.351 e. The average Bonchev–Trinajstić information content (AvgIpc) is 2.96. The molecule has 0 spiro atoms. The van der Waals surface area contributed by atoms with E-state index in [1.54, 1.807) is 0 Å². The number of H-pyrrole nitrogens is 1. The van der Waals surface area contributed by atoms with Crippen LogP contribution in [0, 0.1) is 0 Å². The minimum atomic E-state index is -4.85. The molecule has 0 unspecified atom stereocenters. The van der Waals surface area contributed by atoms with Gasteiger partial charge in [-0.25, -0.2) is 8.42 Å². The van der Waals surface area contributed by atoms with Crippen LogP contribution in [0.1, 0.15) is 18.1 Å². The number of hydrogen-bond donors (Lipinski definition) is 1. The van der Waals surface area contributed by atoms with Gasteiger partial charge in [-0.15, -0.1) is 0 Å². The standard InChI is InChI=1S/C16H10ClF6N3O2S/c1-2-29(27,28)10-4-8(16(21,22)23)6-25-13(10)14-11(17)12-9(26-14)3-7(5-24-12)15(18,19)20/h3-6,26H,2H2,1H3. The summed E-state index contributed by atoms with van der Waals surface area (Å²) in [7, 11) is -4.19. The van der Waals surface area contributed by atoms with Gasteiger partial charge in [-0.05, 0) is 12.1 Å². The Kier molecular flexibility index (Phi) is 5.06. The number of nitrogens with zero attached hydrogens (tertiary/aromatic N) is 2. The number of pyridine rings is 2. The monoisotopic (exact) mass is 457 g/mol. The zero-order valence-electron chi connectivity index (χ0n) is 14.3. The largest absolute Gasteiger partial charge is 0.417 e. The number of rotatable bonds is 3. The SMILES string of the molecule is CCS(=O)(=O)c1cc(C(F)(F)F)cnc1-c1[nH]c2cc(C(F)(F)F)cnc2c1Cl. The molecule has 0 aromatic carbocycles. The van der Waals surface area contributed by atoms with E-state index in [9.17, 15) is 34.8 Å². The minimum absolute atomic E-state index is 0.115. The quantitative estimate of drug-likeness (QED) is 0.555. The molecule has 5 nitrogen and oxygen atoms in total. The highest BCUT2D eigenvalue weighted by atomic mass is 35.5. The third-order valence-corrected chi connectivity index (χ3v) is 6.14. The Morgan fingerprint density at radius 2 is 1.55 bits per heavy atom. The lowest BCUT2D eigenvalue weighted by atomic mass is 10.2. The third-order valence-electron chi connectivity index (χ3n) is 4.03. The fraction of sp³-hybridized carbons (Fsp3) is 0.250. The van der Waals surface area contributed by atoms with Crippen molar-refractivity contribution in [3.63, 3.8) is 0 Å². The molecule has 0 aliphatic heterocycles. The van der Waals surface area contributed by atoms with E-state index in [0.717, 1.165) is 0 Å². The first-order valence-corrected chi connectivity index (χ1v) is 9.83. The van der Waals surface area contributed by atoms with Gasteiger partial charge in [0.1, 0.15) is 11.2 Å². The zero-order chi connectivity index (χ0) is 21.8. The van der Waals surface area contributed by atoms with E-state index in [1.165, 1.54) is 6.92 Å². The molecule has 1 N–H and O–H groups in total. The molecule has 0 fully saturated rings. The Labute approximate surface area is 164 Å². The molecule has 0 aliphatic rings. The highest BCUT2D eigenvalue weighted by Crippen LogP contribution is 2.39. The number of sulfone groups is 1. The normalized spacial score (nSPS) is 13.2. The summed E-state index contributed by atoms with van der Waals surface area (Å²) in [5, 5.41) is -0.270. The Balaban J connectivity index is 2.30. The molecule has 0 radical (unpaired) electrons. The highest BCUT2D eigenvalue weighted by Gasteiger charge is 2.35. The predicted octanol–water partition coefficient (Wildman–Crippen LogP) is 5.11. The summed E-state index contributed by atoms with van der Waals surface area (Å²) in [6.07, 6.45) is -8.59. The highest BCUT2D eigenvalue weighted by molar-refractivity contribution is 7.91. The molecule has 13 heteroatoms. The Morgan fingerprint density at radius 1 is 1.00 bits per heavy atom. The van der Waals surface area contributed by atoms with E-state index in [1.807, 2.05) is 0 Å². The van der Waals surface area contributed by atoms with Gasteiger partial charge in [0.2, 0.25) is 0 Å². The Hall–Kier alpha value is -2.34. The van der Waals surface area contributed by atoms with E-state index in [4.69, 9.17) is 11.6 Å². The van der Waals surface area contributed by atoms with Crippen LogP contribution in [0.4, 0.5) is 26.3 Å². The molecule has 0 amide bonds. The number of halogens is 7. The molecule has 3 rings (SSSR count). The van der Waals surface area contributed by atoms with Crippen LogP contribution in [0.2, 0.25) is 5.02 Å². The topological polar surface area (TPSA) is 75.7 Å².